The summed E-state index contributed by atoms with van der Waals surface area (Å²) in [6.45, 7) is 4.43. The topological polar surface area (TPSA) is 90.7 Å². The molecule has 0 saturated heterocycles. The number of halogens is 1. The summed E-state index contributed by atoms with van der Waals surface area (Å²) < 4.78 is 37.7. The number of hydrogen-bond donors (Lipinski definition) is 2. The largest absolute Gasteiger partial charge is 0.495 e. The van der Waals surface area contributed by atoms with Gasteiger partial charge in [0.2, 0.25) is 10.0 Å². The molecule has 0 radical (unpaired) electrons. The number of benzene rings is 1. The van der Waals surface area contributed by atoms with Crippen LogP contribution in [0.3, 0.4) is 0 Å². The van der Waals surface area contributed by atoms with Gasteiger partial charge < -0.3 is 15.2 Å². The number of nitrogens with one attached hydrogen (secondary N) is 1. The Morgan fingerprint density at radius 3 is 2.62 bits per heavy atom. The molecule has 1 rings (SSSR count). The number of rotatable bonds is 8. The van der Waals surface area contributed by atoms with E-state index in [9.17, 15) is 8.42 Å². The highest BCUT2D eigenvalue weighted by Gasteiger charge is 2.23. The van der Waals surface area contributed by atoms with Gasteiger partial charge in [-0.2, -0.15) is 0 Å². The van der Waals surface area contributed by atoms with Crippen molar-refractivity contribution in [3.63, 3.8) is 0 Å². The van der Waals surface area contributed by atoms with Crippen LogP contribution < -0.4 is 15.2 Å². The summed E-state index contributed by atoms with van der Waals surface area (Å²) in [5, 5.41) is 0.287. The molecular weight excluding hydrogens is 316 g/mol. The minimum atomic E-state index is -3.77. The van der Waals surface area contributed by atoms with E-state index >= 15 is 0 Å². The smallest absolute Gasteiger partial charge is 0.244 e. The lowest BCUT2D eigenvalue weighted by atomic mass is 10.2. The molecule has 8 heteroatoms. The first-order valence-corrected chi connectivity index (χ1v) is 8.39. The van der Waals surface area contributed by atoms with Crippen LogP contribution in [0.15, 0.2) is 17.0 Å². The zero-order chi connectivity index (χ0) is 16.0. The molecule has 3 N–H and O–H groups in total. The van der Waals surface area contributed by atoms with Crippen LogP contribution in [0.4, 0.5) is 0 Å². The molecule has 1 aromatic carbocycles. The third-order valence-electron chi connectivity index (χ3n) is 2.82. The molecule has 21 heavy (non-hydrogen) atoms. The van der Waals surface area contributed by atoms with Gasteiger partial charge in [0.1, 0.15) is 10.6 Å². The van der Waals surface area contributed by atoms with E-state index in [4.69, 9.17) is 26.8 Å². The van der Waals surface area contributed by atoms with E-state index in [1.54, 1.807) is 13.0 Å². The second-order valence-electron chi connectivity index (χ2n) is 4.42. The summed E-state index contributed by atoms with van der Waals surface area (Å²) >= 11 is 5.95. The maximum Gasteiger partial charge on any atom is 0.244 e. The number of hydrogen-bond acceptors (Lipinski definition) is 5. The van der Waals surface area contributed by atoms with Gasteiger partial charge in [-0.1, -0.05) is 11.6 Å². The number of sulfonamides is 1. The maximum atomic E-state index is 12.4. The van der Waals surface area contributed by atoms with Gasteiger partial charge in [0.05, 0.1) is 13.2 Å². The SMILES string of the molecule is CCOC(C)CNS(=O)(=O)c1cc(Cl)cc(CN)c1OC. The summed E-state index contributed by atoms with van der Waals surface area (Å²) in [6.07, 6.45) is -0.232. The highest BCUT2D eigenvalue weighted by Crippen LogP contribution is 2.31. The van der Waals surface area contributed by atoms with Gasteiger partial charge in [-0.05, 0) is 26.0 Å². The number of methoxy groups -OCH3 is 1. The standard InChI is InChI=1S/C13H21ClN2O4S/c1-4-20-9(2)8-16-21(17,18)12-6-11(14)5-10(7-15)13(12)19-3/h5-6,9,16H,4,7-8,15H2,1-3H3. The third kappa shape index (κ3) is 4.82. The van der Waals surface area contributed by atoms with E-state index in [1.807, 2.05) is 6.92 Å². The summed E-state index contributed by atoms with van der Waals surface area (Å²) in [7, 11) is -2.37. The molecule has 0 heterocycles. The molecule has 0 saturated carbocycles. The molecule has 0 spiro atoms. The molecular formula is C13H21ClN2O4S. The Balaban J connectivity index is 3.10. The number of nitrogens with two attached hydrogens (primary N) is 1. The first kappa shape index (κ1) is 18.2. The molecule has 0 fully saturated rings. The summed E-state index contributed by atoms with van der Waals surface area (Å²) in [4.78, 5) is -0.0263. The Labute approximate surface area is 130 Å². The van der Waals surface area contributed by atoms with Crippen molar-refractivity contribution in [2.75, 3.05) is 20.3 Å². The highest BCUT2D eigenvalue weighted by atomic mass is 35.5. The fourth-order valence-corrected chi connectivity index (χ4v) is 3.51. The van der Waals surface area contributed by atoms with Crippen molar-refractivity contribution >= 4 is 21.6 Å². The summed E-state index contributed by atoms with van der Waals surface area (Å²) in [5.74, 6) is 0.207. The average Bonchev–Trinajstić information content (AvgIpc) is 2.44. The fourth-order valence-electron chi connectivity index (χ4n) is 1.85. The van der Waals surface area contributed by atoms with E-state index in [2.05, 4.69) is 4.72 Å². The van der Waals surface area contributed by atoms with Crippen LogP contribution >= 0.6 is 11.6 Å². The van der Waals surface area contributed by atoms with Crippen LogP contribution in [0.25, 0.3) is 0 Å². The molecule has 0 aliphatic carbocycles. The van der Waals surface area contributed by atoms with Crippen molar-refractivity contribution in [2.45, 2.75) is 31.4 Å². The fraction of sp³-hybridized carbons (Fsp3) is 0.538. The first-order chi connectivity index (χ1) is 9.85. The van der Waals surface area contributed by atoms with Crippen molar-refractivity contribution in [1.29, 1.82) is 0 Å². The summed E-state index contributed by atoms with van der Waals surface area (Å²) in [6, 6.07) is 2.93. The highest BCUT2D eigenvalue weighted by molar-refractivity contribution is 7.89. The predicted molar refractivity (Wildman–Crippen MR) is 82.2 cm³/mol. The van der Waals surface area contributed by atoms with Gasteiger partial charge in [-0.25, -0.2) is 13.1 Å². The van der Waals surface area contributed by atoms with Crippen molar-refractivity contribution in [3.05, 3.63) is 22.7 Å². The Bertz CT molecular complexity index is 578. The Kier molecular flexibility index (Phi) is 6.89. The molecule has 120 valence electrons. The van der Waals surface area contributed by atoms with Crippen molar-refractivity contribution in [3.8, 4) is 5.75 Å². The van der Waals surface area contributed by atoms with Crippen LogP contribution in [0.2, 0.25) is 5.02 Å². The average molecular weight is 337 g/mol. The zero-order valence-corrected chi connectivity index (χ0v) is 13.9. The van der Waals surface area contributed by atoms with Gasteiger partial charge in [-0.3, -0.25) is 0 Å². The van der Waals surface area contributed by atoms with E-state index in [0.29, 0.717) is 12.2 Å². The van der Waals surface area contributed by atoms with Gasteiger partial charge >= 0.3 is 0 Å². The van der Waals surface area contributed by atoms with Crippen LogP contribution in [0, 0.1) is 0 Å². The monoisotopic (exact) mass is 336 g/mol. The first-order valence-electron chi connectivity index (χ1n) is 6.53. The predicted octanol–water partition coefficient (Wildman–Crippen LogP) is 1.51. The molecule has 1 atom stereocenters. The van der Waals surface area contributed by atoms with Gasteiger partial charge in [0, 0.05) is 30.3 Å². The Morgan fingerprint density at radius 2 is 2.10 bits per heavy atom. The van der Waals surface area contributed by atoms with Crippen LogP contribution in [0.5, 0.6) is 5.75 Å². The zero-order valence-electron chi connectivity index (χ0n) is 12.3. The van der Waals surface area contributed by atoms with Crippen molar-refractivity contribution in [2.24, 2.45) is 5.73 Å². The lowest BCUT2D eigenvalue weighted by molar-refractivity contribution is 0.0799. The molecule has 0 amide bonds. The minimum Gasteiger partial charge on any atom is -0.495 e. The molecule has 1 unspecified atom stereocenters. The second-order valence-corrected chi connectivity index (χ2v) is 6.59. The van der Waals surface area contributed by atoms with Crippen LogP contribution in [-0.4, -0.2) is 34.8 Å². The maximum absolute atomic E-state index is 12.4. The molecule has 6 nitrogen and oxygen atoms in total. The van der Waals surface area contributed by atoms with Gasteiger partial charge in [-0.15, -0.1) is 0 Å². The Hall–Kier alpha value is -0.860. The Morgan fingerprint density at radius 1 is 1.43 bits per heavy atom. The lowest BCUT2D eigenvalue weighted by Gasteiger charge is -2.16. The van der Waals surface area contributed by atoms with E-state index in [-0.39, 0.29) is 34.9 Å². The van der Waals surface area contributed by atoms with E-state index in [0.717, 1.165) is 0 Å². The number of ether oxygens (including phenoxy) is 2. The molecule has 1 aromatic rings. The van der Waals surface area contributed by atoms with Crippen molar-refractivity contribution in [1.82, 2.24) is 4.72 Å². The molecule has 0 aromatic heterocycles. The van der Waals surface area contributed by atoms with Gasteiger partial charge in [0.15, 0.2) is 0 Å². The van der Waals surface area contributed by atoms with E-state index < -0.39 is 10.0 Å². The molecule has 0 aliphatic heterocycles. The van der Waals surface area contributed by atoms with Crippen molar-refractivity contribution < 1.29 is 17.9 Å². The molecule has 0 aliphatic rings. The quantitative estimate of drug-likeness (QED) is 0.751. The van der Waals surface area contributed by atoms with Crippen LogP contribution in [-0.2, 0) is 21.3 Å². The summed E-state index contributed by atoms with van der Waals surface area (Å²) in [5.41, 5.74) is 6.13. The third-order valence-corrected chi connectivity index (χ3v) is 4.47. The second kappa shape index (κ2) is 7.95. The lowest BCUT2D eigenvalue weighted by Crippen LogP contribution is -2.32. The van der Waals surface area contributed by atoms with E-state index in [1.165, 1.54) is 13.2 Å². The normalized spacial score (nSPS) is 13.2. The molecule has 0 bridgehead atoms. The van der Waals surface area contributed by atoms with Gasteiger partial charge in [0.25, 0.3) is 0 Å². The van der Waals surface area contributed by atoms with Crippen LogP contribution in [0.1, 0.15) is 19.4 Å². The minimum absolute atomic E-state index is 0.0263.